The van der Waals surface area contributed by atoms with Gasteiger partial charge in [-0.1, -0.05) is 43.6 Å². The Bertz CT molecular complexity index is 397. The molecule has 0 aliphatic carbocycles. The highest BCUT2D eigenvalue weighted by molar-refractivity contribution is 9.10. The van der Waals surface area contributed by atoms with E-state index < -0.39 is 5.60 Å². The van der Waals surface area contributed by atoms with Crippen molar-refractivity contribution in [1.82, 2.24) is 0 Å². The fourth-order valence-electron chi connectivity index (χ4n) is 1.49. The molecule has 0 radical (unpaired) electrons. The van der Waals surface area contributed by atoms with Crippen molar-refractivity contribution in [3.05, 3.63) is 28.2 Å². The molecule has 18 heavy (non-hydrogen) atoms. The van der Waals surface area contributed by atoms with Crippen LogP contribution in [0, 0.1) is 5.92 Å². The first-order valence-corrected chi connectivity index (χ1v) is 7.18. The zero-order chi connectivity index (χ0) is 13.9. The fraction of sp³-hybridized carbons (Fsp3) is 0.600. The van der Waals surface area contributed by atoms with Gasteiger partial charge in [0.15, 0.2) is 0 Å². The van der Waals surface area contributed by atoms with Crippen molar-refractivity contribution in [3.63, 3.8) is 0 Å². The van der Waals surface area contributed by atoms with E-state index in [4.69, 9.17) is 4.74 Å². The molecule has 0 bridgehead atoms. The third-order valence-electron chi connectivity index (χ3n) is 3.36. The molecule has 0 saturated carbocycles. The number of benzene rings is 1. The first kappa shape index (κ1) is 15.5. The summed E-state index contributed by atoms with van der Waals surface area (Å²) in [5.41, 5.74) is 0.352. The van der Waals surface area contributed by atoms with Crippen molar-refractivity contribution in [3.8, 4) is 5.75 Å². The standard InChI is InChI=1S/C15H23BrO2/c1-10(2)13-8-12(16)6-7-14(13)18-9-15(5,17)11(3)4/h6-8,10-11,17H,9H2,1-5H3. The topological polar surface area (TPSA) is 29.5 Å². The molecule has 1 unspecified atom stereocenters. The molecule has 0 amide bonds. The van der Waals surface area contributed by atoms with Crippen LogP contribution < -0.4 is 4.74 Å². The van der Waals surface area contributed by atoms with E-state index in [0.717, 1.165) is 15.8 Å². The smallest absolute Gasteiger partial charge is 0.122 e. The summed E-state index contributed by atoms with van der Waals surface area (Å²) < 4.78 is 6.86. The molecule has 0 saturated heterocycles. The van der Waals surface area contributed by atoms with Crippen LogP contribution in [0.25, 0.3) is 0 Å². The van der Waals surface area contributed by atoms with E-state index in [1.165, 1.54) is 0 Å². The van der Waals surface area contributed by atoms with Crippen molar-refractivity contribution in [1.29, 1.82) is 0 Å². The summed E-state index contributed by atoms with van der Waals surface area (Å²) in [4.78, 5) is 0. The van der Waals surface area contributed by atoms with Gasteiger partial charge in [0.1, 0.15) is 12.4 Å². The molecule has 0 fully saturated rings. The third-order valence-corrected chi connectivity index (χ3v) is 3.85. The summed E-state index contributed by atoms with van der Waals surface area (Å²) in [5.74, 6) is 1.41. The van der Waals surface area contributed by atoms with Crippen LogP contribution in [-0.2, 0) is 0 Å². The lowest BCUT2D eigenvalue weighted by molar-refractivity contribution is -0.0269. The predicted molar refractivity (Wildman–Crippen MR) is 79.2 cm³/mol. The third kappa shape index (κ3) is 3.99. The van der Waals surface area contributed by atoms with E-state index in [-0.39, 0.29) is 5.92 Å². The van der Waals surface area contributed by atoms with E-state index in [0.29, 0.717) is 12.5 Å². The SMILES string of the molecule is CC(C)c1cc(Br)ccc1OCC(C)(O)C(C)C. The number of aliphatic hydroxyl groups is 1. The van der Waals surface area contributed by atoms with E-state index >= 15 is 0 Å². The van der Waals surface area contributed by atoms with Crippen LogP contribution in [0.4, 0.5) is 0 Å². The summed E-state index contributed by atoms with van der Waals surface area (Å²) >= 11 is 3.47. The summed E-state index contributed by atoms with van der Waals surface area (Å²) in [6.45, 7) is 10.4. The molecule has 0 aliphatic rings. The van der Waals surface area contributed by atoms with Gasteiger partial charge in [-0.15, -0.1) is 0 Å². The average molecular weight is 315 g/mol. The van der Waals surface area contributed by atoms with E-state index in [9.17, 15) is 5.11 Å². The van der Waals surface area contributed by atoms with Gasteiger partial charge in [0.2, 0.25) is 0 Å². The molecular weight excluding hydrogens is 292 g/mol. The molecular formula is C15H23BrO2. The van der Waals surface area contributed by atoms with Gasteiger partial charge in [0, 0.05) is 4.47 Å². The van der Waals surface area contributed by atoms with Crippen molar-refractivity contribution in [2.24, 2.45) is 5.92 Å². The molecule has 0 aliphatic heterocycles. The van der Waals surface area contributed by atoms with Crippen molar-refractivity contribution in [2.45, 2.75) is 46.1 Å². The van der Waals surface area contributed by atoms with Gasteiger partial charge in [-0.25, -0.2) is 0 Å². The van der Waals surface area contributed by atoms with Crippen LogP contribution in [0.15, 0.2) is 22.7 Å². The monoisotopic (exact) mass is 314 g/mol. The minimum absolute atomic E-state index is 0.162. The highest BCUT2D eigenvalue weighted by Crippen LogP contribution is 2.30. The highest BCUT2D eigenvalue weighted by Gasteiger charge is 2.26. The van der Waals surface area contributed by atoms with Gasteiger partial charge in [-0.05, 0) is 42.5 Å². The zero-order valence-corrected chi connectivity index (χ0v) is 13.4. The van der Waals surface area contributed by atoms with Gasteiger partial charge in [0.25, 0.3) is 0 Å². The summed E-state index contributed by atoms with van der Waals surface area (Å²) in [5, 5.41) is 10.2. The van der Waals surface area contributed by atoms with Crippen LogP contribution >= 0.6 is 15.9 Å². The Kier molecular flexibility index (Phi) is 5.23. The summed E-state index contributed by atoms with van der Waals surface area (Å²) in [6, 6.07) is 5.99. The Morgan fingerprint density at radius 1 is 1.28 bits per heavy atom. The van der Waals surface area contributed by atoms with Crippen LogP contribution in [0.1, 0.15) is 46.1 Å². The molecule has 1 N–H and O–H groups in total. The van der Waals surface area contributed by atoms with Gasteiger partial charge < -0.3 is 9.84 Å². The van der Waals surface area contributed by atoms with E-state index in [2.05, 4.69) is 35.8 Å². The van der Waals surface area contributed by atoms with Gasteiger partial charge in [-0.3, -0.25) is 0 Å². The predicted octanol–water partition coefficient (Wildman–Crippen LogP) is 4.36. The zero-order valence-electron chi connectivity index (χ0n) is 11.8. The van der Waals surface area contributed by atoms with Crippen LogP contribution in [-0.4, -0.2) is 17.3 Å². The Morgan fingerprint density at radius 3 is 2.39 bits per heavy atom. The van der Waals surface area contributed by atoms with Crippen molar-refractivity contribution in [2.75, 3.05) is 6.61 Å². The normalized spacial score (nSPS) is 14.9. The van der Waals surface area contributed by atoms with E-state index in [1.54, 1.807) is 0 Å². The van der Waals surface area contributed by atoms with Gasteiger partial charge >= 0.3 is 0 Å². The molecule has 1 aromatic rings. The second-order valence-electron chi connectivity index (χ2n) is 5.64. The van der Waals surface area contributed by atoms with E-state index in [1.807, 2.05) is 32.9 Å². The molecule has 0 spiro atoms. The van der Waals surface area contributed by atoms with Crippen LogP contribution in [0.3, 0.4) is 0 Å². The lowest BCUT2D eigenvalue weighted by Gasteiger charge is -2.28. The van der Waals surface area contributed by atoms with Crippen LogP contribution in [0.5, 0.6) is 5.75 Å². The first-order valence-electron chi connectivity index (χ1n) is 6.38. The number of halogens is 1. The Balaban J connectivity index is 2.85. The van der Waals surface area contributed by atoms with Crippen LogP contribution in [0.2, 0.25) is 0 Å². The number of hydrogen-bond acceptors (Lipinski definition) is 2. The number of rotatable bonds is 5. The maximum absolute atomic E-state index is 10.2. The molecule has 0 heterocycles. The van der Waals surface area contributed by atoms with Gasteiger partial charge in [-0.2, -0.15) is 0 Å². The molecule has 102 valence electrons. The quantitative estimate of drug-likeness (QED) is 0.875. The largest absolute Gasteiger partial charge is 0.490 e. The minimum Gasteiger partial charge on any atom is -0.490 e. The van der Waals surface area contributed by atoms with Crippen molar-refractivity contribution >= 4 is 15.9 Å². The Hall–Kier alpha value is -0.540. The fourth-order valence-corrected chi connectivity index (χ4v) is 1.87. The molecule has 0 aromatic heterocycles. The molecule has 1 rings (SSSR count). The van der Waals surface area contributed by atoms with Crippen molar-refractivity contribution < 1.29 is 9.84 Å². The molecule has 2 nitrogen and oxygen atoms in total. The molecule has 1 aromatic carbocycles. The molecule has 3 heteroatoms. The minimum atomic E-state index is -0.804. The maximum atomic E-state index is 10.2. The highest BCUT2D eigenvalue weighted by atomic mass is 79.9. The summed E-state index contributed by atoms with van der Waals surface area (Å²) in [6.07, 6.45) is 0. The lowest BCUT2D eigenvalue weighted by atomic mass is 9.93. The molecule has 1 atom stereocenters. The second-order valence-corrected chi connectivity index (χ2v) is 6.55. The van der Waals surface area contributed by atoms with Gasteiger partial charge in [0.05, 0.1) is 5.60 Å². The first-order chi connectivity index (χ1) is 8.24. The number of hydrogen-bond donors (Lipinski definition) is 1. The maximum Gasteiger partial charge on any atom is 0.122 e. The second kappa shape index (κ2) is 6.07. The number of ether oxygens (including phenoxy) is 1. The lowest BCUT2D eigenvalue weighted by Crippen LogP contribution is -2.38. The summed E-state index contributed by atoms with van der Waals surface area (Å²) in [7, 11) is 0. The average Bonchev–Trinajstić information content (AvgIpc) is 2.27. The Morgan fingerprint density at radius 2 is 1.89 bits per heavy atom. The Labute approximate surface area is 118 Å².